The third kappa shape index (κ3) is 5.19. The van der Waals surface area contributed by atoms with E-state index in [4.69, 9.17) is 9.57 Å². The number of pyridine rings is 1. The fraction of sp³-hybridized carbons (Fsp3) is 0.333. The van der Waals surface area contributed by atoms with Crippen LogP contribution in [0.15, 0.2) is 70.3 Å². The zero-order valence-corrected chi connectivity index (χ0v) is 23.2. The van der Waals surface area contributed by atoms with Gasteiger partial charge in [-0.15, -0.1) is 0 Å². The molecule has 1 aliphatic carbocycles. The number of nitrogens with one attached hydrogen (secondary N) is 1. The van der Waals surface area contributed by atoms with Crippen LogP contribution in [0.4, 0.5) is 19.4 Å². The second-order valence-corrected chi connectivity index (χ2v) is 11.5. The molecule has 2 aliphatic rings. The van der Waals surface area contributed by atoms with Crippen molar-refractivity contribution in [1.29, 1.82) is 0 Å². The van der Waals surface area contributed by atoms with Crippen molar-refractivity contribution in [3.05, 3.63) is 98.7 Å². The molecule has 0 radical (unpaired) electrons. The zero-order chi connectivity index (χ0) is 29.8. The van der Waals surface area contributed by atoms with Gasteiger partial charge in [0.05, 0.1) is 11.1 Å². The lowest BCUT2D eigenvalue weighted by Crippen LogP contribution is -2.43. The summed E-state index contributed by atoms with van der Waals surface area (Å²) in [4.78, 5) is 51.0. The molecule has 1 saturated carbocycles. The summed E-state index contributed by atoms with van der Waals surface area (Å²) in [7, 11) is 0. The third-order valence-electron chi connectivity index (χ3n) is 7.39. The number of nitrogens with zero attached hydrogens (tertiary/aromatic N) is 4. The van der Waals surface area contributed by atoms with Crippen molar-refractivity contribution < 1.29 is 23.1 Å². The van der Waals surface area contributed by atoms with Crippen molar-refractivity contribution in [2.45, 2.75) is 39.0 Å². The first-order chi connectivity index (χ1) is 20.0. The van der Waals surface area contributed by atoms with E-state index in [0.717, 1.165) is 10.6 Å². The number of benzene rings is 2. The summed E-state index contributed by atoms with van der Waals surface area (Å²) >= 11 is 0. The molecule has 1 N–H and O–H groups in total. The summed E-state index contributed by atoms with van der Waals surface area (Å²) in [5, 5.41) is 2.69. The summed E-state index contributed by atoms with van der Waals surface area (Å²) in [5.41, 5.74) is -1.51. The van der Waals surface area contributed by atoms with Gasteiger partial charge >= 0.3 is 11.8 Å². The normalized spacial score (nSPS) is 19.5. The van der Waals surface area contributed by atoms with Gasteiger partial charge in [0, 0.05) is 31.0 Å². The van der Waals surface area contributed by atoms with Gasteiger partial charge in [0.2, 0.25) is 0 Å². The molecule has 2 unspecified atom stereocenters. The molecule has 1 amide bonds. The van der Waals surface area contributed by atoms with Crippen LogP contribution in [0.1, 0.15) is 26.3 Å². The van der Waals surface area contributed by atoms with E-state index in [1.54, 1.807) is 49.9 Å². The molecule has 6 rings (SSSR count). The number of carbonyl (C=O) groups is 1. The first-order valence-corrected chi connectivity index (χ1v) is 13.6. The smallest absolute Gasteiger partial charge is 0.407 e. The maximum absolute atomic E-state index is 15.5. The van der Waals surface area contributed by atoms with E-state index >= 15 is 4.39 Å². The Morgan fingerprint density at radius 1 is 1.02 bits per heavy atom. The van der Waals surface area contributed by atoms with E-state index in [1.807, 2.05) is 6.07 Å². The van der Waals surface area contributed by atoms with Crippen molar-refractivity contribution in [1.82, 2.24) is 19.6 Å². The summed E-state index contributed by atoms with van der Waals surface area (Å²) in [6, 6.07) is 15.0. The van der Waals surface area contributed by atoms with Gasteiger partial charge in [0.1, 0.15) is 18.0 Å². The average molecular weight is 578 g/mol. The van der Waals surface area contributed by atoms with Crippen LogP contribution in [0, 0.1) is 23.5 Å². The molecule has 1 aliphatic heterocycles. The Bertz CT molecular complexity index is 1770. The minimum atomic E-state index is -0.869. The van der Waals surface area contributed by atoms with E-state index in [-0.39, 0.29) is 47.0 Å². The van der Waals surface area contributed by atoms with Crippen molar-refractivity contribution in [2.24, 2.45) is 11.8 Å². The second-order valence-electron chi connectivity index (χ2n) is 11.5. The number of anilines is 1. The second kappa shape index (κ2) is 10.3. The summed E-state index contributed by atoms with van der Waals surface area (Å²) in [5.74, 6) is -1.13. The molecular weight excluding hydrogens is 548 g/mol. The first kappa shape index (κ1) is 27.4. The average Bonchev–Trinajstić information content (AvgIpc) is 3.35. The number of fused-ring (bicyclic) bond motifs is 2. The predicted octanol–water partition coefficient (Wildman–Crippen LogP) is 3.41. The maximum Gasteiger partial charge on any atom is 0.407 e. The maximum atomic E-state index is 15.5. The summed E-state index contributed by atoms with van der Waals surface area (Å²) in [6.07, 6.45) is -0.502. The number of aromatic nitrogens is 3. The minimum Gasteiger partial charge on any atom is -0.444 e. The van der Waals surface area contributed by atoms with Gasteiger partial charge in [-0.25, -0.2) is 27.9 Å². The van der Waals surface area contributed by atoms with Gasteiger partial charge in [-0.05, 0) is 56.7 Å². The number of halogens is 2. The molecule has 4 aromatic rings. The van der Waals surface area contributed by atoms with Crippen LogP contribution in [0.5, 0.6) is 0 Å². The lowest BCUT2D eigenvalue weighted by Gasteiger charge is -2.24. The molecule has 10 nitrogen and oxygen atoms in total. The van der Waals surface area contributed by atoms with Crippen LogP contribution >= 0.6 is 0 Å². The highest BCUT2D eigenvalue weighted by molar-refractivity contribution is 5.78. The number of amides is 1. The van der Waals surface area contributed by atoms with E-state index in [2.05, 4.69) is 10.3 Å². The molecule has 12 heteroatoms. The molecule has 42 heavy (non-hydrogen) atoms. The fourth-order valence-corrected chi connectivity index (χ4v) is 5.40. The van der Waals surface area contributed by atoms with E-state index < -0.39 is 34.6 Å². The number of piperidine rings is 1. The topological polar surface area (TPSA) is 108 Å². The molecule has 218 valence electrons. The highest BCUT2D eigenvalue weighted by Gasteiger charge is 2.57. The Hall–Kier alpha value is -4.74. The van der Waals surface area contributed by atoms with Gasteiger partial charge < -0.3 is 19.8 Å². The van der Waals surface area contributed by atoms with Crippen molar-refractivity contribution in [3.63, 3.8) is 0 Å². The number of ether oxygens (including phenoxy) is 1. The molecule has 2 aromatic carbocycles. The molecule has 2 aromatic heterocycles. The van der Waals surface area contributed by atoms with Gasteiger partial charge in [-0.3, -0.25) is 4.79 Å². The van der Waals surface area contributed by atoms with E-state index in [1.165, 1.54) is 24.3 Å². The van der Waals surface area contributed by atoms with Gasteiger partial charge in [-0.1, -0.05) is 35.1 Å². The Kier molecular flexibility index (Phi) is 6.71. The predicted molar refractivity (Wildman–Crippen MR) is 151 cm³/mol. The Labute approximate surface area is 239 Å². The van der Waals surface area contributed by atoms with Crippen LogP contribution < -0.4 is 26.3 Å². The molecule has 1 saturated heterocycles. The highest BCUT2D eigenvalue weighted by atomic mass is 19.1. The molecule has 3 heterocycles. The van der Waals surface area contributed by atoms with Crippen LogP contribution in [0.25, 0.3) is 16.7 Å². The number of alkyl carbamates (subject to hydrolysis) is 1. The number of rotatable bonds is 6. The van der Waals surface area contributed by atoms with Gasteiger partial charge in [0.25, 0.3) is 5.56 Å². The summed E-state index contributed by atoms with van der Waals surface area (Å²) in [6.45, 7) is 6.09. The van der Waals surface area contributed by atoms with Crippen LogP contribution in [0.2, 0.25) is 0 Å². The number of hydrogen-bond donors (Lipinski definition) is 1. The number of carbonyl (C=O) groups excluding carboxylic acids is 1. The minimum absolute atomic E-state index is 0.0247. The highest BCUT2D eigenvalue weighted by Crippen LogP contribution is 2.47. The molecule has 2 fully saturated rings. The SMILES string of the molecule is CC(C)(C)OC(=O)NC1C2CN(c3nc4c(cc3F)c(=O)n(OCc3ccccc3)c(=O)n4-c3ccc(F)cc3)CC21. The van der Waals surface area contributed by atoms with Crippen LogP contribution in [0.3, 0.4) is 0 Å². The monoisotopic (exact) mass is 577 g/mol. The number of hydrogen-bond acceptors (Lipinski definition) is 7. The van der Waals surface area contributed by atoms with Crippen LogP contribution in [-0.4, -0.2) is 45.1 Å². The molecule has 0 bridgehead atoms. The molecular formula is C30H29F2N5O5. The summed E-state index contributed by atoms with van der Waals surface area (Å²) < 4.78 is 36.3. The molecule has 2 atom stereocenters. The Morgan fingerprint density at radius 2 is 1.69 bits per heavy atom. The van der Waals surface area contributed by atoms with Gasteiger partial charge in [-0.2, -0.15) is 0 Å². The van der Waals surface area contributed by atoms with Crippen molar-refractivity contribution in [3.8, 4) is 5.69 Å². The lowest BCUT2D eigenvalue weighted by molar-refractivity contribution is 0.0518. The largest absolute Gasteiger partial charge is 0.444 e. The molecule has 0 spiro atoms. The van der Waals surface area contributed by atoms with Crippen LogP contribution in [-0.2, 0) is 11.3 Å². The van der Waals surface area contributed by atoms with Crippen molar-refractivity contribution >= 4 is 22.9 Å². The Morgan fingerprint density at radius 3 is 2.33 bits per heavy atom. The van der Waals surface area contributed by atoms with E-state index in [0.29, 0.717) is 23.4 Å². The zero-order valence-electron chi connectivity index (χ0n) is 23.2. The third-order valence-corrected chi connectivity index (χ3v) is 7.39. The Balaban J connectivity index is 1.34. The fourth-order valence-electron chi connectivity index (χ4n) is 5.40. The van der Waals surface area contributed by atoms with Gasteiger partial charge in [0.15, 0.2) is 17.3 Å². The first-order valence-electron chi connectivity index (χ1n) is 13.6. The lowest BCUT2D eigenvalue weighted by atomic mass is 10.2. The van der Waals surface area contributed by atoms with Crippen molar-refractivity contribution in [2.75, 3.05) is 18.0 Å². The standard InChI is InChI=1S/C30H29F2N5O5/c1-30(2,3)42-28(39)33-24-21-14-35(15-22(21)24)26-23(32)13-20-25(34-26)36(19-11-9-18(31)10-12-19)29(40)37(27(20)38)41-16-17-7-5-4-6-8-17/h4-13,21-22,24H,14-16H2,1-3H3,(H,33,39). The van der Waals surface area contributed by atoms with E-state index in [9.17, 15) is 18.8 Å². The quantitative estimate of drug-likeness (QED) is 0.374.